The molecule has 0 bridgehead atoms. The Hall–Kier alpha value is -2.34. The van der Waals surface area contributed by atoms with Crippen LogP contribution in [0.3, 0.4) is 0 Å². The summed E-state index contributed by atoms with van der Waals surface area (Å²) >= 11 is 1.63. The molecular formula is C18H20N2O3S. The molecule has 0 spiro atoms. The van der Waals surface area contributed by atoms with Crippen molar-refractivity contribution in [2.24, 2.45) is 0 Å². The third-order valence-corrected chi connectivity index (χ3v) is 4.83. The van der Waals surface area contributed by atoms with Gasteiger partial charge in [0.15, 0.2) is 6.61 Å². The largest absolute Gasteiger partial charge is 0.484 e. The first-order chi connectivity index (χ1) is 11.6. The Balaban J connectivity index is 1.56. The van der Waals surface area contributed by atoms with Crippen LogP contribution in [0.1, 0.15) is 17.7 Å². The summed E-state index contributed by atoms with van der Waals surface area (Å²) in [5.74, 6) is 0.662. The van der Waals surface area contributed by atoms with Crippen molar-refractivity contribution < 1.29 is 14.3 Å². The lowest BCUT2D eigenvalue weighted by Gasteiger charge is -2.18. The van der Waals surface area contributed by atoms with Gasteiger partial charge in [-0.25, -0.2) is 0 Å². The van der Waals surface area contributed by atoms with E-state index in [-0.39, 0.29) is 18.4 Å². The van der Waals surface area contributed by atoms with E-state index in [1.807, 2.05) is 35.7 Å². The molecule has 0 N–H and O–H groups in total. The molecule has 0 atom stereocenters. The summed E-state index contributed by atoms with van der Waals surface area (Å²) in [7, 11) is 1.77. The number of ether oxygens (including phenoxy) is 1. The van der Waals surface area contributed by atoms with Crippen molar-refractivity contribution in [3.63, 3.8) is 0 Å². The van der Waals surface area contributed by atoms with Crippen LogP contribution in [0.25, 0.3) is 0 Å². The van der Waals surface area contributed by atoms with Crippen molar-refractivity contribution in [2.75, 3.05) is 25.1 Å². The molecule has 126 valence electrons. The zero-order valence-electron chi connectivity index (χ0n) is 13.6. The number of thiophene rings is 1. The molecule has 2 heterocycles. The Labute approximate surface area is 145 Å². The summed E-state index contributed by atoms with van der Waals surface area (Å²) in [6.45, 7) is 1.31. The lowest BCUT2D eigenvalue weighted by molar-refractivity contribution is -0.132. The summed E-state index contributed by atoms with van der Waals surface area (Å²) in [6.07, 6.45) is 1.48. The molecule has 24 heavy (non-hydrogen) atoms. The molecular weight excluding hydrogens is 324 g/mol. The van der Waals surface area contributed by atoms with Gasteiger partial charge >= 0.3 is 0 Å². The smallest absolute Gasteiger partial charge is 0.260 e. The molecule has 5 nitrogen and oxygen atoms in total. The van der Waals surface area contributed by atoms with Crippen molar-refractivity contribution in [2.45, 2.75) is 19.4 Å². The SMILES string of the molecule is CN(Cc1cccs1)C(=O)COc1cccc(N2CCCC2=O)c1. The summed E-state index contributed by atoms with van der Waals surface area (Å²) in [5.41, 5.74) is 0.828. The molecule has 1 aliphatic heterocycles. The van der Waals surface area contributed by atoms with Crippen molar-refractivity contribution in [3.8, 4) is 5.75 Å². The number of hydrogen-bond acceptors (Lipinski definition) is 4. The maximum atomic E-state index is 12.2. The number of likely N-dealkylation sites (N-methyl/N-ethyl adjacent to an activating group) is 1. The fraction of sp³-hybridized carbons (Fsp3) is 0.333. The van der Waals surface area contributed by atoms with Gasteiger partial charge in [-0.05, 0) is 30.0 Å². The van der Waals surface area contributed by atoms with E-state index in [1.54, 1.807) is 34.3 Å². The van der Waals surface area contributed by atoms with Crippen molar-refractivity contribution in [1.29, 1.82) is 0 Å². The molecule has 1 saturated heterocycles. The number of amides is 2. The van der Waals surface area contributed by atoms with Gasteiger partial charge in [-0.2, -0.15) is 0 Å². The first-order valence-electron chi connectivity index (χ1n) is 7.93. The van der Waals surface area contributed by atoms with Gasteiger partial charge in [-0.3, -0.25) is 9.59 Å². The van der Waals surface area contributed by atoms with E-state index < -0.39 is 0 Å². The molecule has 0 radical (unpaired) electrons. The summed E-state index contributed by atoms with van der Waals surface area (Å²) in [6, 6.07) is 11.3. The zero-order chi connectivity index (χ0) is 16.9. The van der Waals surface area contributed by atoms with Gasteiger partial charge in [0.05, 0.1) is 6.54 Å². The van der Waals surface area contributed by atoms with Crippen LogP contribution >= 0.6 is 11.3 Å². The summed E-state index contributed by atoms with van der Waals surface area (Å²) < 4.78 is 5.62. The fourth-order valence-electron chi connectivity index (χ4n) is 2.64. The highest BCUT2D eigenvalue weighted by Crippen LogP contribution is 2.25. The van der Waals surface area contributed by atoms with Crippen LogP contribution in [0.15, 0.2) is 41.8 Å². The molecule has 1 fully saturated rings. The highest BCUT2D eigenvalue weighted by atomic mass is 32.1. The number of carbonyl (C=O) groups is 2. The predicted molar refractivity (Wildman–Crippen MR) is 94.3 cm³/mol. The first-order valence-corrected chi connectivity index (χ1v) is 8.81. The van der Waals surface area contributed by atoms with Crippen molar-refractivity contribution in [3.05, 3.63) is 46.7 Å². The first kappa shape index (κ1) is 16.5. The quantitative estimate of drug-likeness (QED) is 0.810. The van der Waals surface area contributed by atoms with Crippen LogP contribution in [0.5, 0.6) is 5.75 Å². The Kier molecular flexibility index (Phi) is 5.15. The van der Waals surface area contributed by atoms with Crippen LogP contribution in [0, 0.1) is 0 Å². The second kappa shape index (κ2) is 7.49. The van der Waals surface area contributed by atoms with Gasteiger partial charge in [-0.1, -0.05) is 12.1 Å². The number of anilines is 1. The Morgan fingerprint density at radius 2 is 2.21 bits per heavy atom. The number of rotatable bonds is 6. The minimum atomic E-state index is -0.0777. The monoisotopic (exact) mass is 344 g/mol. The second-order valence-corrected chi connectivity index (χ2v) is 6.80. The van der Waals surface area contributed by atoms with E-state index in [1.165, 1.54) is 0 Å². The molecule has 6 heteroatoms. The molecule has 2 amide bonds. The van der Waals surface area contributed by atoms with E-state index in [0.29, 0.717) is 18.7 Å². The maximum absolute atomic E-state index is 12.2. The molecule has 1 aromatic carbocycles. The predicted octanol–water partition coefficient (Wildman–Crippen LogP) is 2.91. The third-order valence-electron chi connectivity index (χ3n) is 3.96. The second-order valence-electron chi connectivity index (χ2n) is 5.76. The molecule has 3 rings (SSSR count). The van der Waals surface area contributed by atoms with E-state index in [4.69, 9.17) is 4.74 Å². The molecule has 0 saturated carbocycles. The van der Waals surface area contributed by atoms with Crippen molar-refractivity contribution >= 4 is 28.8 Å². The number of carbonyl (C=O) groups excluding carboxylic acids is 2. The van der Waals surface area contributed by atoms with Crippen LogP contribution in [0.4, 0.5) is 5.69 Å². The average molecular weight is 344 g/mol. The molecule has 2 aromatic rings. The number of benzene rings is 1. The van der Waals surface area contributed by atoms with Gasteiger partial charge in [0.2, 0.25) is 5.91 Å². The van der Waals surface area contributed by atoms with Crippen LogP contribution in [-0.2, 0) is 16.1 Å². The number of hydrogen-bond donors (Lipinski definition) is 0. The van der Waals surface area contributed by atoms with Crippen LogP contribution in [-0.4, -0.2) is 36.9 Å². The van der Waals surface area contributed by atoms with Crippen molar-refractivity contribution in [1.82, 2.24) is 4.90 Å². The minimum absolute atomic E-state index is 0.0146. The van der Waals surface area contributed by atoms with E-state index in [9.17, 15) is 9.59 Å². The highest BCUT2D eigenvalue weighted by molar-refractivity contribution is 7.09. The maximum Gasteiger partial charge on any atom is 0.260 e. The van der Waals surface area contributed by atoms with E-state index in [2.05, 4.69) is 0 Å². The topological polar surface area (TPSA) is 49.9 Å². The molecule has 0 aliphatic carbocycles. The normalized spacial score (nSPS) is 14.0. The van der Waals surface area contributed by atoms with Gasteiger partial charge in [0.1, 0.15) is 5.75 Å². The van der Waals surface area contributed by atoms with Crippen LogP contribution < -0.4 is 9.64 Å². The minimum Gasteiger partial charge on any atom is -0.484 e. The van der Waals surface area contributed by atoms with Gasteiger partial charge in [0, 0.05) is 36.6 Å². The lowest BCUT2D eigenvalue weighted by Crippen LogP contribution is -2.30. The zero-order valence-corrected chi connectivity index (χ0v) is 14.4. The lowest BCUT2D eigenvalue weighted by atomic mass is 10.3. The molecule has 1 aliphatic rings. The summed E-state index contributed by atoms with van der Waals surface area (Å²) in [4.78, 5) is 28.5. The van der Waals surface area contributed by atoms with E-state index >= 15 is 0 Å². The van der Waals surface area contributed by atoms with Gasteiger partial charge in [-0.15, -0.1) is 11.3 Å². The third kappa shape index (κ3) is 3.94. The Morgan fingerprint density at radius 1 is 1.33 bits per heavy atom. The standard InChI is InChI=1S/C18H20N2O3S/c1-19(12-16-7-4-10-24-16)18(22)13-23-15-6-2-5-14(11-15)20-9-3-8-17(20)21/h2,4-7,10-11H,3,8-9,12-13H2,1H3. The Morgan fingerprint density at radius 3 is 2.92 bits per heavy atom. The molecule has 0 unspecified atom stereocenters. The molecule has 1 aromatic heterocycles. The fourth-order valence-corrected chi connectivity index (χ4v) is 3.40. The van der Waals surface area contributed by atoms with Gasteiger partial charge < -0.3 is 14.5 Å². The van der Waals surface area contributed by atoms with E-state index in [0.717, 1.165) is 23.5 Å². The van der Waals surface area contributed by atoms with Gasteiger partial charge in [0.25, 0.3) is 5.91 Å². The highest BCUT2D eigenvalue weighted by Gasteiger charge is 2.22. The summed E-state index contributed by atoms with van der Waals surface area (Å²) in [5, 5.41) is 2.00. The Bertz CT molecular complexity index is 715. The average Bonchev–Trinajstić information content (AvgIpc) is 3.24. The van der Waals surface area contributed by atoms with Crippen LogP contribution in [0.2, 0.25) is 0 Å². The number of nitrogens with zero attached hydrogens (tertiary/aromatic N) is 2.